The SMILES string of the molecule is Cc1oc(CN)cc1S(=O)(=O)NC(C)C1CCCCC1. The smallest absolute Gasteiger partial charge is 0.244 e. The fraction of sp³-hybridized carbons (Fsp3) is 0.714. The van der Waals surface area contributed by atoms with E-state index in [0.29, 0.717) is 17.4 Å². The van der Waals surface area contributed by atoms with Crippen molar-refractivity contribution in [2.75, 3.05) is 0 Å². The van der Waals surface area contributed by atoms with E-state index in [1.54, 1.807) is 6.92 Å². The average molecular weight is 300 g/mol. The Labute approximate surface area is 121 Å². The molecule has 0 bridgehead atoms. The highest BCUT2D eigenvalue weighted by Crippen LogP contribution is 2.28. The number of nitrogens with two attached hydrogens (primary N) is 1. The zero-order chi connectivity index (χ0) is 14.8. The second-order valence-corrected chi connectivity index (χ2v) is 7.33. The highest BCUT2D eigenvalue weighted by atomic mass is 32.2. The van der Waals surface area contributed by atoms with Gasteiger partial charge in [0.05, 0.1) is 6.54 Å². The van der Waals surface area contributed by atoms with Gasteiger partial charge in [-0.2, -0.15) is 0 Å². The van der Waals surface area contributed by atoms with Crippen LogP contribution in [-0.2, 0) is 16.6 Å². The standard InChI is InChI=1S/C14H24N2O3S/c1-10(12-6-4-3-5-7-12)16-20(17,18)14-8-13(9-15)19-11(14)2/h8,10,12,16H,3-7,9,15H2,1-2H3. The van der Waals surface area contributed by atoms with Crippen LogP contribution in [0.4, 0.5) is 0 Å². The zero-order valence-electron chi connectivity index (χ0n) is 12.2. The van der Waals surface area contributed by atoms with E-state index in [1.807, 2.05) is 6.92 Å². The summed E-state index contributed by atoms with van der Waals surface area (Å²) in [6.45, 7) is 3.81. The van der Waals surface area contributed by atoms with E-state index in [0.717, 1.165) is 12.8 Å². The topological polar surface area (TPSA) is 85.3 Å². The summed E-state index contributed by atoms with van der Waals surface area (Å²) in [5.74, 6) is 1.32. The lowest BCUT2D eigenvalue weighted by molar-refractivity contribution is 0.303. The lowest BCUT2D eigenvalue weighted by Gasteiger charge is -2.27. The molecule has 0 aliphatic heterocycles. The highest BCUT2D eigenvalue weighted by molar-refractivity contribution is 7.89. The molecule has 20 heavy (non-hydrogen) atoms. The molecule has 1 fully saturated rings. The summed E-state index contributed by atoms with van der Waals surface area (Å²) in [6.07, 6.45) is 5.85. The molecule has 114 valence electrons. The zero-order valence-corrected chi connectivity index (χ0v) is 13.0. The third-order valence-corrected chi connectivity index (χ3v) is 5.78. The molecule has 0 aromatic carbocycles. The third-order valence-electron chi connectivity index (χ3n) is 4.11. The first kappa shape index (κ1) is 15.5. The van der Waals surface area contributed by atoms with E-state index in [1.165, 1.54) is 25.3 Å². The Hall–Kier alpha value is -0.850. The van der Waals surface area contributed by atoms with E-state index >= 15 is 0 Å². The van der Waals surface area contributed by atoms with Crippen molar-refractivity contribution in [3.63, 3.8) is 0 Å². The average Bonchev–Trinajstić information content (AvgIpc) is 2.81. The van der Waals surface area contributed by atoms with E-state index in [-0.39, 0.29) is 17.5 Å². The van der Waals surface area contributed by atoms with Gasteiger partial charge in [0.25, 0.3) is 0 Å². The van der Waals surface area contributed by atoms with Crippen LogP contribution in [0, 0.1) is 12.8 Å². The minimum absolute atomic E-state index is 0.0454. The van der Waals surface area contributed by atoms with Gasteiger partial charge in [0.15, 0.2) is 0 Å². The Bertz CT molecular complexity index is 545. The number of aryl methyl sites for hydroxylation is 1. The number of furan rings is 1. The van der Waals surface area contributed by atoms with Crippen molar-refractivity contribution in [1.82, 2.24) is 4.72 Å². The summed E-state index contributed by atoms with van der Waals surface area (Å²) in [4.78, 5) is 0.209. The summed E-state index contributed by atoms with van der Waals surface area (Å²) in [5.41, 5.74) is 5.48. The molecule has 1 heterocycles. The number of nitrogens with one attached hydrogen (secondary N) is 1. The van der Waals surface area contributed by atoms with Crippen LogP contribution in [0.15, 0.2) is 15.4 Å². The highest BCUT2D eigenvalue weighted by Gasteiger charge is 2.27. The maximum absolute atomic E-state index is 12.4. The van der Waals surface area contributed by atoms with Gasteiger partial charge in [-0.05, 0) is 32.6 Å². The second kappa shape index (κ2) is 6.28. The summed E-state index contributed by atoms with van der Waals surface area (Å²) in [5, 5.41) is 0. The van der Waals surface area contributed by atoms with Crippen molar-refractivity contribution in [3.8, 4) is 0 Å². The number of hydrogen-bond acceptors (Lipinski definition) is 4. The predicted molar refractivity (Wildman–Crippen MR) is 77.7 cm³/mol. The van der Waals surface area contributed by atoms with E-state index in [9.17, 15) is 8.42 Å². The molecule has 1 aliphatic rings. The van der Waals surface area contributed by atoms with Crippen LogP contribution in [0.25, 0.3) is 0 Å². The van der Waals surface area contributed by atoms with Crippen LogP contribution in [0.3, 0.4) is 0 Å². The molecule has 1 unspecified atom stereocenters. The molecule has 1 aliphatic carbocycles. The Morgan fingerprint density at radius 3 is 2.60 bits per heavy atom. The lowest BCUT2D eigenvalue weighted by Crippen LogP contribution is -2.38. The Kier molecular flexibility index (Phi) is 4.88. The van der Waals surface area contributed by atoms with Gasteiger partial charge in [-0.15, -0.1) is 0 Å². The van der Waals surface area contributed by atoms with Crippen molar-refractivity contribution in [2.45, 2.75) is 63.4 Å². The molecular weight excluding hydrogens is 276 g/mol. The molecule has 2 rings (SSSR count). The molecule has 0 saturated heterocycles. The summed E-state index contributed by atoms with van der Waals surface area (Å²) in [7, 11) is -3.53. The molecule has 3 N–H and O–H groups in total. The molecule has 0 radical (unpaired) electrons. The van der Waals surface area contributed by atoms with E-state index in [2.05, 4.69) is 4.72 Å². The number of hydrogen-bond donors (Lipinski definition) is 2. The first-order valence-corrected chi connectivity index (χ1v) is 8.74. The van der Waals surface area contributed by atoms with Crippen molar-refractivity contribution in [2.24, 2.45) is 11.7 Å². The largest absolute Gasteiger partial charge is 0.464 e. The third kappa shape index (κ3) is 3.42. The van der Waals surface area contributed by atoms with E-state index in [4.69, 9.17) is 10.2 Å². The van der Waals surface area contributed by atoms with Crippen molar-refractivity contribution in [1.29, 1.82) is 0 Å². The van der Waals surface area contributed by atoms with Gasteiger partial charge >= 0.3 is 0 Å². The molecule has 1 aromatic heterocycles. The first-order valence-electron chi connectivity index (χ1n) is 7.25. The van der Waals surface area contributed by atoms with Crippen LogP contribution in [-0.4, -0.2) is 14.5 Å². The molecule has 5 nitrogen and oxygen atoms in total. The van der Waals surface area contributed by atoms with Crippen LogP contribution in [0.1, 0.15) is 50.5 Å². The molecule has 1 aromatic rings. The van der Waals surface area contributed by atoms with Gasteiger partial charge < -0.3 is 10.2 Å². The van der Waals surface area contributed by atoms with Gasteiger partial charge in [-0.3, -0.25) is 0 Å². The lowest BCUT2D eigenvalue weighted by atomic mass is 9.85. The molecule has 1 atom stereocenters. The quantitative estimate of drug-likeness (QED) is 0.873. The Morgan fingerprint density at radius 2 is 2.05 bits per heavy atom. The summed E-state index contributed by atoms with van der Waals surface area (Å²) < 4.78 is 33.0. The van der Waals surface area contributed by atoms with E-state index < -0.39 is 10.0 Å². The second-order valence-electron chi connectivity index (χ2n) is 5.65. The monoisotopic (exact) mass is 300 g/mol. The number of rotatable bonds is 5. The fourth-order valence-electron chi connectivity index (χ4n) is 2.93. The maximum atomic E-state index is 12.4. The van der Waals surface area contributed by atoms with Gasteiger partial charge in [-0.25, -0.2) is 13.1 Å². The predicted octanol–water partition coefficient (Wildman–Crippen LogP) is 2.29. The molecule has 1 saturated carbocycles. The maximum Gasteiger partial charge on any atom is 0.244 e. The van der Waals surface area contributed by atoms with Gasteiger partial charge in [0.1, 0.15) is 16.4 Å². The van der Waals surface area contributed by atoms with Crippen molar-refractivity contribution < 1.29 is 12.8 Å². The van der Waals surface area contributed by atoms with Gasteiger partial charge in [0.2, 0.25) is 10.0 Å². The van der Waals surface area contributed by atoms with Gasteiger partial charge in [-0.1, -0.05) is 19.3 Å². The van der Waals surface area contributed by atoms with Gasteiger partial charge in [0, 0.05) is 12.1 Å². The molecule has 0 spiro atoms. The molecular formula is C14H24N2O3S. The number of sulfonamides is 1. The summed E-state index contributed by atoms with van der Waals surface area (Å²) in [6, 6.07) is 1.47. The van der Waals surface area contributed by atoms with Crippen molar-refractivity contribution >= 4 is 10.0 Å². The van der Waals surface area contributed by atoms with Crippen LogP contribution < -0.4 is 10.5 Å². The molecule has 6 heteroatoms. The Morgan fingerprint density at radius 1 is 1.40 bits per heavy atom. The Balaban J connectivity index is 2.11. The summed E-state index contributed by atoms with van der Waals surface area (Å²) >= 11 is 0. The normalized spacial score (nSPS) is 19.1. The minimum Gasteiger partial charge on any atom is -0.464 e. The van der Waals surface area contributed by atoms with Crippen LogP contribution >= 0.6 is 0 Å². The fourth-order valence-corrected chi connectivity index (χ4v) is 4.45. The van der Waals surface area contributed by atoms with Crippen LogP contribution in [0.5, 0.6) is 0 Å². The minimum atomic E-state index is -3.53. The first-order chi connectivity index (χ1) is 9.44. The molecule has 0 amide bonds. The van der Waals surface area contributed by atoms with Crippen LogP contribution in [0.2, 0.25) is 0 Å². The van der Waals surface area contributed by atoms with Crippen molar-refractivity contribution in [3.05, 3.63) is 17.6 Å².